The van der Waals surface area contributed by atoms with Gasteiger partial charge < -0.3 is 9.84 Å². The van der Waals surface area contributed by atoms with Crippen molar-refractivity contribution in [1.29, 1.82) is 0 Å². The Morgan fingerprint density at radius 2 is 1.71 bits per heavy atom. The summed E-state index contributed by atoms with van der Waals surface area (Å²) in [6.45, 7) is 2.63. The molecular formula is C23H27N3O2. The first kappa shape index (κ1) is 18.7. The van der Waals surface area contributed by atoms with Crippen LogP contribution < -0.4 is 4.74 Å². The molecular weight excluding hydrogens is 350 g/mol. The lowest BCUT2D eigenvalue weighted by Crippen LogP contribution is -2.45. The van der Waals surface area contributed by atoms with E-state index in [1.165, 1.54) is 11.1 Å². The predicted octanol–water partition coefficient (Wildman–Crippen LogP) is 3.45. The van der Waals surface area contributed by atoms with Gasteiger partial charge in [0.15, 0.2) is 0 Å². The van der Waals surface area contributed by atoms with E-state index in [1.807, 2.05) is 53.3 Å². The van der Waals surface area contributed by atoms with Crippen molar-refractivity contribution in [2.45, 2.75) is 31.4 Å². The molecule has 0 unspecified atom stereocenters. The SMILES string of the molecule is COc1ccccc1-n1cc(CN2CCC(O)(Cc3ccccc3)CC2)cn1. The molecule has 2 heterocycles. The van der Waals surface area contributed by atoms with Gasteiger partial charge in [-0.3, -0.25) is 4.90 Å². The molecule has 4 rings (SSSR count). The largest absolute Gasteiger partial charge is 0.494 e. The van der Waals surface area contributed by atoms with E-state index in [2.05, 4.69) is 28.3 Å². The summed E-state index contributed by atoms with van der Waals surface area (Å²) in [7, 11) is 1.67. The Labute approximate surface area is 166 Å². The van der Waals surface area contributed by atoms with Crippen molar-refractivity contribution >= 4 is 0 Å². The molecule has 2 aromatic carbocycles. The lowest BCUT2D eigenvalue weighted by atomic mass is 9.85. The average molecular weight is 377 g/mol. The molecule has 1 N–H and O–H groups in total. The van der Waals surface area contributed by atoms with Gasteiger partial charge in [0.05, 0.1) is 18.9 Å². The van der Waals surface area contributed by atoms with Crippen LogP contribution in [0.5, 0.6) is 5.75 Å². The number of hydrogen-bond acceptors (Lipinski definition) is 4. The third-order valence-corrected chi connectivity index (χ3v) is 5.54. The number of hydrogen-bond donors (Lipinski definition) is 1. The van der Waals surface area contributed by atoms with E-state index in [1.54, 1.807) is 7.11 Å². The second-order valence-electron chi connectivity index (χ2n) is 7.63. The summed E-state index contributed by atoms with van der Waals surface area (Å²) in [5.41, 5.74) is 2.71. The molecule has 28 heavy (non-hydrogen) atoms. The minimum absolute atomic E-state index is 0.598. The van der Waals surface area contributed by atoms with Crippen LogP contribution in [-0.2, 0) is 13.0 Å². The fourth-order valence-electron chi connectivity index (χ4n) is 3.93. The zero-order chi connectivity index (χ0) is 19.4. The van der Waals surface area contributed by atoms with E-state index in [9.17, 15) is 5.11 Å². The normalized spacial score (nSPS) is 16.8. The number of benzene rings is 2. The molecule has 1 saturated heterocycles. The van der Waals surface area contributed by atoms with Crippen LogP contribution in [0.2, 0.25) is 0 Å². The van der Waals surface area contributed by atoms with Crippen LogP contribution in [0.1, 0.15) is 24.0 Å². The highest BCUT2D eigenvalue weighted by Gasteiger charge is 2.32. The van der Waals surface area contributed by atoms with Crippen LogP contribution in [0, 0.1) is 0 Å². The molecule has 1 fully saturated rings. The van der Waals surface area contributed by atoms with Crippen molar-refractivity contribution in [3.63, 3.8) is 0 Å². The molecule has 0 atom stereocenters. The second kappa shape index (κ2) is 8.17. The summed E-state index contributed by atoms with van der Waals surface area (Å²) in [4.78, 5) is 2.39. The third kappa shape index (κ3) is 4.26. The van der Waals surface area contributed by atoms with E-state index in [0.717, 1.165) is 50.3 Å². The second-order valence-corrected chi connectivity index (χ2v) is 7.63. The van der Waals surface area contributed by atoms with Crippen molar-refractivity contribution in [3.8, 4) is 11.4 Å². The Balaban J connectivity index is 1.36. The number of likely N-dealkylation sites (tertiary alicyclic amines) is 1. The first-order valence-electron chi connectivity index (χ1n) is 9.81. The molecule has 0 spiro atoms. The summed E-state index contributed by atoms with van der Waals surface area (Å²) in [6, 6.07) is 18.2. The molecule has 3 aromatic rings. The average Bonchev–Trinajstić information content (AvgIpc) is 3.19. The van der Waals surface area contributed by atoms with Crippen molar-refractivity contribution in [3.05, 3.63) is 78.1 Å². The van der Waals surface area contributed by atoms with E-state index in [0.29, 0.717) is 0 Å². The van der Waals surface area contributed by atoms with Gasteiger partial charge in [-0.15, -0.1) is 0 Å². The lowest BCUT2D eigenvalue weighted by molar-refractivity contribution is -0.0224. The minimum Gasteiger partial charge on any atom is -0.494 e. The molecule has 0 aliphatic carbocycles. The zero-order valence-corrected chi connectivity index (χ0v) is 16.3. The van der Waals surface area contributed by atoms with Gasteiger partial charge in [0.2, 0.25) is 0 Å². The van der Waals surface area contributed by atoms with Crippen LogP contribution in [0.3, 0.4) is 0 Å². The molecule has 1 aliphatic rings. The van der Waals surface area contributed by atoms with Crippen LogP contribution in [0.25, 0.3) is 5.69 Å². The monoisotopic (exact) mass is 377 g/mol. The van der Waals surface area contributed by atoms with Gasteiger partial charge in [-0.25, -0.2) is 4.68 Å². The Kier molecular flexibility index (Phi) is 5.46. The summed E-state index contributed by atoms with van der Waals surface area (Å²) in [5, 5.41) is 15.5. The minimum atomic E-state index is -0.598. The Hall–Kier alpha value is -2.63. The summed E-state index contributed by atoms with van der Waals surface area (Å²) in [6.07, 6.45) is 6.29. The molecule has 0 bridgehead atoms. The Morgan fingerprint density at radius 1 is 1.00 bits per heavy atom. The zero-order valence-electron chi connectivity index (χ0n) is 16.3. The van der Waals surface area contributed by atoms with Crippen molar-refractivity contribution in [1.82, 2.24) is 14.7 Å². The van der Waals surface area contributed by atoms with Crippen LogP contribution in [0.15, 0.2) is 67.0 Å². The molecule has 5 nitrogen and oxygen atoms in total. The summed E-state index contributed by atoms with van der Waals surface area (Å²) in [5.74, 6) is 0.807. The Bertz CT molecular complexity index is 899. The van der Waals surface area contributed by atoms with E-state index < -0.39 is 5.60 Å². The first-order valence-corrected chi connectivity index (χ1v) is 9.81. The van der Waals surface area contributed by atoms with Crippen LogP contribution in [0.4, 0.5) is 0 Å². The van der Waals surface area contributed by atoms with Gasteiger partial charge in [0, 0.05) is 37.8 Å². The van der Waals surface area contributed by atoms with E-state index in [4.69, 9.17) is 4.74 Å². The Morgan fingerprint density at radius 3 is 2.46 bits per heavy atom. The van der Waals surface area contributed by atoms with Gasteiger partial charge in [-0.2, -0.15) is 5.10 Å². The smallest absolute Gasteiger partial charge is 0.144 e. The molecule has 0 saturated carbocycles. The van der Waals surface area contributed by atoms with Crippen molar-refractivity contribution in [2.75, 3.05) is 20.2 Å². The summed E-state index contributed by atoms with van der Waals surface area (Å²) < 4.78 is 7.30. The lowest BCUT2D eigenvalue weighted by Gasteiger charge is -2.38. The number of ether oxygens (including phenoxy) is 1. The van der Waals surface area contributed by atoms with Gasteiger partial charge >= 0.3 is 0 Å². The first-order chi connectivity index (χ1) is 13.6. The van der Waals surface area contributed by atoms with E-state index >= 15 is 0 Å². The fourth-order valence-corrected chi connectivity index (χ4v) is 3.93. The van der Waals surface area contributed by atoms with Crippen LogP contribution in [-0.4, -0.2) is 45.6 Å². The highest BCUT2D eigenvalue weighted by Crippen LogP contribution is 2.27. The fraction of sp³-hybridized carbons (Fsp3) is 0.348. The third-order valence-electron chi connectivity index (χ3n) is 5.54. The maximum absolute atomic E-state index is 11.0. The number of aliphatic hydroxyl groups is 1. The standard InChI is InChI=1S/C23H27N3O2/c1-28-22-10-6-5-9-21(22)26-18-20(16-24-26)17-25-13-11-23(27,12-14-25)15-19-7-3-2-4-8-19/h2-10,16,18,27H,11-15,17H2,1H3. The van der Waals surface area contributed by atoms with Crippen molar-refractivity contribution < 1.29 is 9.84 Å². The number of rotatable bonds is 6. The number of para-hydroxylation sites is 2. The highest BCUT2D eigenvalue weighted by molar-refractivity contribution is 5.46. The molecule has 1 aromatic heterocycles. The van der Waals surface area contributed by atoms with Gasteiger partial charge in [0.25, 0.3) is 0 Å². The number of piperidine rings is 1. The maximum Gasteiger partial charge on any atom is 0.144 e. The topological polar surface area (TPSA) is 50.5 Å². The molecule has 5 heteroatoms. The van der Waals surface area contributed by atoms with E-state index in [-0.39, 0.29) is 0 Å². The maximum atomic E-state index is 11.0. The number of aromatic nitrogens is 2. The predicted molar refractivity (Wildman–Crippen MR) is 110 cm³/mol. The highest BCUT2D eigenvalue weighted by atomic mass is 16.5. The van der Waals surface area contributed by atoms with Crippen molar-refractivity contribution in [2.24, 2.45) is 0 Å². The molecule has 0 radical (unpaired) electrons. The van der Waals surface area contributed by atoms with Crippen LogP contribution >= 0.6 is 0 Å². The number of nitrogens with zero attached hydrogens (tertiary/aromatic N) is 3. The number of methoxy groups -OCH3 is 1. The van der Waals surface area contributed by atoms with Gasteiger partial charge in [0.1, 0.15) is 11.4 Å². The van der Waals surface area contributed by atoms with Gasteiger partial charge in [-0.1, -0.05) is 42.5 Å². The molecule has 146 valence electrons. The van der Waals surface area contributed by atoms with Gasteiger partial charge in [-0.05, 0) is 30.5 Å². The quantitative estimate of drug-likeness (QED) is 0.715. The molecule has 1 aliphatic heterocycles. The summed E-state index contributed by atoms with van der Waals surface area (Å²) >= 11 is 0. The molecule has 0 amide bonds.